The summed E-state index contributed by atoms with van der Waals surface area (Å²) < 4.78 is 11.5. The highest BCUT2D eigenvalue weighted by molar-refractivity contribution is 5.95. The Labute approximate surface area is 260 Å². The van der Waals surface area contributed by atoms with Crippen molar-refractivity contribution < 1.29 is 34.1 Å². The third kappa shape index (κ3) is 8.60. The lowest BCUT2D eigenvalue weighted by atomic mass is 9.88. The molecule has 0 aromatic heterocycles. The maximum Gasteiger partial charge on any atom is 0.326 e. The SMILES string of the molecule is COc1cc([C@@H](Nc2ccc(C(=N)N)cc2)C(=O)N[C@H](C(=O)O)C(CC(=O)O)c2ccccc2)ccc1OCc1ccccc1. The summed E-state index contributed by atoms with van der Waals surface area (Å²) in [4.78, 5) is 38.2. The van der Waals surface area contributed by atoms with Gasteiger partial charge in [0, 0.05) is 17.2 Å². The van der Waals surface area contributed by atoms with Crippen LogP contribution in [0.5, 0.6) is 11.5 Å². The maximum absolute atomic E-state index is 13.9. The van der Waals surface area contributed by atoms with E-state index in [2.05, 4.69) is 10.6 Å². The number of amides is 1. The summed E-state index contributed by atoms with van der Waals surface area (Å²) in [6.07, 6.45) is -0.521. The molecule has 0 spiro atoms. The van der Waals surface area contributed by atoms with E-state index >= 15 is 0 Å². The summed E-state index contributed by atoms with van der Waals surface area (Å²) in [5, 5.41) is 33.1. The molecule has 4 aromatic rings. The molecule has 0 saturated carbocycles. The molecule has 0 radical (unpaired) electrons. The van der Waals surface area contributed by atoms with Crippen molar-refractivity contribution >= 4 is 29.4 Å². The Balaban J connectivity index is 1.68. The minimum absolute atomic E-state index is 0.124. The predicted octanol–water partition coefficient (Wildman–Crippen LogP) is 4.54. The molecule has 0 fully saturated rings. The standard InChI is InChI=1S/C34H34N4O7/c1-44-28-18-24(14-17-27(28)45-20-21-8-4-2-5-9-21)30(37-25-15-12-23(13-16-25)32(35)36)33(41)38-31(34(42)43)26(19-29(39)40)22-10-6-3-7-11-22/h2-18,26,30-31,37H,19-20H2,1H3,(H3,35,36)(H,38,41)(H,39,40)(H,42,43)/t26?,30-,31+/m1/s1. The normalized spacial score (nSPS) is 12.6. The molecule has 0 aliphatic rings. The number of carbonyl (C=O) groups excluding carboxylic acids is 1. The molecule has 0 saturated heterocycles. The zero-order valence-corrected chi connectivity index (χ0v) is 24.5. The lowest BCUT2D eigenvalue weighted by Crippen LogP contribution is -2.48. The number of carboxylic acids is 2. The van der Waals surface area contributed by atoms with Gasteiger partial charge in [0.1, 0.15) is 24.5 Å². The Morgan fingerprint density at radius 2 is 1.49 bits per heavy atom. The van der Waals surface area contributed by atoms with Gasteiger partial charge in [0.15, 0.2) is 11.5 Å². The number of nitrogens with two attached hydrogens (primary N) is 1. The largest absolute Gasteiger partial charge is 0.493 e. The first-order valence-corrected chi connectivity index (χ1v) is 14.0. The fraction of sp³-hybridized carbons (Fsp3) is 0.176. The van der Waals surface area contributed by atoms with E-state index in [9.17, 15) is 24.6 Å². The third-order valence-corrected chi connectivity index (χ3v) is 7.12. The van der Waals surface area contributed by atoms with Gasteiger partial charge < -0.3 is 36.1 Å². The van der Waals surface area contributed by atoms with Crippen molar-refractivity contribution in [1.82, 2.24) is 5.32 Å². The van der Waals surface area contributed by atoms with Gasteiger partial charge in [-0.15, -0.1) is 0 Å². The van der Waals surface area contributed by atoms with E-state index < -0.39 is 42.3 Å². The molecule has 11 heteroatoms. The van der Waals surface area contributed by atoms with E-state index in [0.717, 1.165) is 5.56 Å². The number of carbonyl (C=O) groups is 3. The van der Waals surface area contributed by atoms with Crippen LogP contribution in [-0.4, -0.2) is 47.0 Å². The smallest absolute Gasteiger partial charge is 0.326 e. The fourth-order valence-electron chi connectivity index (χ4n) is 4.82. The van der Waals surface area contributed by atoms with Crippen molar-refractivity contribution in [3.05, 3.63) is 125 Å². The van der Waals surface area contributed by atoms with Gasteiger partial charge in [-0.25, -0.2) is 4.79 Å². The molecule has 232 valence electrons. The molecule has 0 aliphatic carbocycles. The fourth-order valence-corrected chi connectivity index (χ4v) is 4.82. The van der Waals surface area contributed by atoms with Gasteiger partial charge in [-0.05, 0) is 53.1 Å². The first-order valence-electron chi connectivity index (χ1n) is 14.0. The number of benzene rings is 4. The zero-order chi connectivity index (χ0) is 32.3. The minimum Gasteiger partial charge on any atom is -0.493 e. The summed E-state index contributed by atoms with van der Waals surface area (Å²) in [7, 11) is 1.47. The van der Waals surface area contributed by atoms with Crippen LogP contribution in [0.1, 0.15) is 40.6 Å². The number of carboxylic acid groups (broad SMARTS) is 2. The molecule has 45 heavy (non-hydrogen) atoms. The molecule has 1 amide bonds. The summed E-state index contributed by atoms with van der Waals surface area (Å²) >= 11 is 0. The summed E-state index contributed by atoms with van der Waals surface area (Å²) in [5.41, 5.74) is 8.38. The molecule has 0 bridgehead atoms. The van der Waals surface area contributed by atoms with E-state index in [1.54, 1.807) is 72.8 Å². The number of hydrogen-bond donors (Lipinski definition) is 6. The molecule has 1 unspecified atom stereocenters. The highest BCUT2D eigenvalue weighted by Crippen LogP contribution is 2.33. The van der Waals surface area contributed by atoms with Gasteiger partial charge in [-0.2, -0.15) is 0 Å². The highest BCUT2D eigenvalue weighted by Gasteiger charge is 2.35. The average Bonchev–Trinajstić information content (AvgIpc) is 3.05. The van der Waals surface area contributed by atoms with E-state index in [0.29, 0.717) is 33.9 Å². The Morgan fingerprint density at radius 3 is 2.07 bits per heavy atom. The maximum atomic E-state index is 13.9. The van der Waals surface area contributed by atoms with E-state index in [-0.39, 0.29) is 12.4 Å². The Kier molecular flexibility index (Phi) is 10.7. The van der Waals surface area contributed by atoms with Crippen LogP contribution < -0.4 is 25.8 Å². The second-order valence-electron chi connectivity index (χ2n) is 10.2. The van der Waals surface area contributed by atoms with E-state index in [1.165, 1.54) is 7.11 Å². The van der Waals surface area contributed by atoms with Crippen LogP contribution in [0.4, 0.5) is 5.69 Å². The van der Waals surface area contributed by atoms with Gasteiger partial charge in [0.25, 0.3) is 0 Å². The van der Waals surface area contributed by atoms with Crippen LogP contribution in [0.2, 0.25) is 0 Å². The topological polar surface area (TPSA) is 184 Å². The van der Waals surface area contributed by atoms with Crippen LogP contribution in [0.25, 0.3) is 0 Å². The van der Waals surface area contributed by atoms with E-state index in [1.807, 2.05) is 30.3 Å². The number of rotatable bonds is 15. The molecule has 4 rings (SSSR count). The lowest BCUT2D eigenvalue weighted by Gasteiger charge is -2.27. The monoisotopic (exact) mass is 610 g/mol. The minimum atomic E-state index is -1.56. The van der Waals surface area contributed by atoms with Gasteiger partial charge in [-0.3, -0.25) is 15.0 Å². The quantitative estimate of drug-likeness (QED) is 0.0831. The van der Waals surface area contributed by atoms with Crippen molar-refractivity contribution in [2.75, 3.05) is 12.4 Å². The first-order chi connectivity index (χ1) is 21.7. The van der Waals surface area contributed by atoms with Crippen LogP contribution in [0, 0.1) is 5.41 Å². The van der Waals surface area contributed by atoms with E-state index in [4.69, 9.17) is 20.6 Å². The Bertz CT molecular complexity index is 1630. The Morgan fingerprint density at radius 1 is 0.844 bits per heavy atom. The number of nitrogens with one attached hydrogen (secondary N) is 3. The number of methoxy groups -OCH3 is 1. The second-order valence-corrected chi connectivity index (χ2v) is 10.2. The van der Waals surface area contributed by atoms with Crippen LogP contribution in [0.15, 0.2) is 103 Å². The van der Waals surface area contributed by atoms with Crippen LogP contribution in [0.3, 0.4) is 0 Å². The predicted molar refractivity (Wildman–Crippen MR) is 169 cm³/mol. The first kappa shape index (κ1) is 32.1. The van der Waals surface area contributed by atoms with Crippen molar-refractivity contribution in [1.29, 1.82) is 5.41 Å². The number of nitrogen functional groups attached to an aromatic ring is 1. The molecule has 0 aliphatic heterocycles. The molecular formula is C34H34N4O7. The highest BCUT2D eigenvalue weighted by atomic mass is 16.5. The average molecular weight is 611 g/mol. The molecule has 3 atom stereocenters. The lowest BCUT2D eigenvalue weighted by molar-refractivity contribution is -0.144. The molecule has 4 aromatic carbocycles. The summed E-state index contributed by atoms with van der Waals surface area (Å²) in [6.45, 7) is 0.284. The second kappa shape index (κ2) is 15.1. The van der Waals surface area contributed by atoms with Crippen LogP contribution in [-0.2, 0) is 21.0 Å². The van der Waals surface area contributed by atoms with Gasteiger partial charge in [0.05, 0.1) is 13.5 Å². The Hall–Kier alpha value is -5.84. The zero-order valence-electron chi connectivity index (χ0n) is 24.5. The van der Waals surface area contributed by atoms with Crippen molar-refractivity contribution in [3.63, 3.8) is 0 Å². The number of ether oxygens (including phenoxy) is 2. The number of aliphatic carboxylic acids is 2. The molecule has 7 N–H and O–H groups in total. The number of anilines is 1. The van der Waals surface area contributed by atoms with Gasteiger partial charge in [0.2, 0.25) is 5.91 Å². The molecule has 0 heterocycles. The van der Waals surface area contributed by atoms with Crippen molar-refractivity contribution in [3.8, 4) is 11.5 Å². The number of hydrogen-bond acceptors (Lipinski definition) is 7. The van der Waals surface area contributed by atoms with Crippen molar-refractivity contribution in [2.24, 2.45) is 5.73 Å². The summed E-state index contributed by atoms with van der Waals surface area (Å²) in [5.74, 6) is -3.71. The van der Waals surface area contributed by atoms with Gasteiger partial charge >= 0.3 is 11.9 Å². The molecular weight excluding hydrogens is 576 g/mol. The third-order valence-electron chi connectivity index (χ3n) is 7.12. The number of amidine groups is 1. The molecule has 11 nitrogen and oxygen atoms in total. The van der Waals surface area contributed by atoms with Crippen LogP contribution >= 0.6 is 0 Å². The summed E-state index contributed by atoms with van der Waals surface area (Å²) in [6, 6.07) is 26.6. The van der Waals surface area contributed by atoms with Crippen molar-refractivity contribution in [2.45, 2.75) is 31.0 Å². The van der Waals surface area contributed by atoms with Gasteiger partial charge in [-0.1, -0.05) is 66.7 Å².